The Hall–Kier alpha value is 0.210. The molecule has 0 spiro atoms. The molecule has 1 heterocycles. The summed E-state index contributed by atoms with van der Waals surface area (Å²) in [4.78, 5) is 11.8. The van der Waals surface area contributed by atoms with Crippen LogP contribution in [0.1, 0.15) is 39.0 Å². The summed E-state index contributed by atoms with van der Waals surface area (Å²) in [5.74, 6) is -0.980. The van der Waals surface area contributed by atoms with Gasteiger partial charge in [0.15, 0.2) is 0 Å². The summed E-state index contributed by atoms with van der Waals surface area (Å²) in [5, 5.41) is 9.60. The molecule has 0 aliphatic carbocycles. The minimum Gasteiger partial charge on any atom is -0.598 e. The predicted molar refractivity (Wildman–Crippen MR) is 87.7 cm³/mol. The van der Waals surface area contributed by atoms with Gasteiger partial charge in [-0.2, -0.15) is 0 Å². The Bertz CT molecular complexity index is 503. The predicted octanol–water partition coefficient (Wildman–Crippen LogP) is 3.91. The highest BCUT2D eigenvalue weighted by Crippen LogP contribution is 2.41. The standard InChI is InChI=1S/C12H17BrClNO3S2/c1-11(2,3)20(18)15-12(4,6-9(16)17)10-7(14)5-8(13)19-10/h5,15H,6H2,1-4H3,(H,16,17)/t12?,20-/m1/s1. The number of carbonyl (C=O) groups is 1. The molecule has 1 aromatic rings. The summed E-state index contributed by atoms with van der Waals surface area (Å²) >= 11 is 9.43. The Morgan fingerprint density at radius 2 is 2.10 bits per heavy atom. The van der Waals surface area contributed by atoms with E-state index in [1.165, 1.54) is 11.3 Å². The van der Waals surface area contributed by atoms with Crippen LogP contribution in [0.2, 0.25) is 5.02 Å². The minimum absolute atomic E-state index is 0.207. The fraction of sp³-hybridized carbons (Fsp3) is 0.583. The van der Waals surface area contributed by atoms with Crippen LogP contribution in [0.5, 0.6) is 0 Å². The van der Waals surface area contributed by atoms with Crippen molar-refractivity contribution in [2.75, 3.05) is 0 Å². The molecule has 1 rings (SSSR count). The van der Waals surface area contributed by atoms with Crippen molar-refractivity contribution in [3.05, 3.63) is 19.8 Å². The van der Waals surface area contributed by atoms with E-state index in [2.05, 4.69) is 20.7 Å². The first-order chi connectivity index (χ1) is 8.95. The molecular formula is C12H17BrClNO3S2. The summed E-state index contributed by atoms with van der Waals surface area (Å²) in [6.07, 6.45) is -0.207. The van der Waals surface area contributed by atoms with E-state index in [1.54, 1.807) is 13.0 Å². The Morgan fingerprint density at radius 3 is 2.45 bits per heavy atom. The third kappa shape index (κ3) is 4.61. The molecule has 2 N–H and O–H groups in total. The maximum absolute atomic E-state index is 12.3. The summed E-state index contributed by atoms with van der Waals surface area (Å²) < 4.78 is 15.5. The lowest BCUT2D eigenvalue weighted by molar-refractivity contribution is -0.138. The number of hydrogen-bond acceptors (Lipinski definition) is 4. The highest BCUT2D eigenvalue weighted by Gasteiger charge is 2.41. The Balaban J connectivity index is 3.16. The second kappa shape index (κ2) is 6.54. The van der Waals surface area contributed by atoms with Crippen molar-refractivity contribution in [3.8, 4) is 0 Å². The van der Waals surface area contributed by atoms with Crippen molar-refractivity contribution in [3.63, 3.8) is 0 Å². The van der Waals surface area contributed by atoms with Crippen molar-refractivity contribution >= 4 is 56.2 Å². The molecule has 114 valence electrons. The maximum Gasteiger partial charge on any atom is 0.305 e. The third-order valence-electron chi connectivity index (χ3n) is 2.54. The van der Waals surface area contributed by atoms with E-state index < -0.39 is 27.6 Å². The van der Waals surface area contributed by atoms with Crippen LogP contribution >= 0.6 is 38.9 Å². The van der Waals surface area contributed by atoms with Crippen molar-refractivity contribution in [1.29, 1.82) is 0 Å². The van der Waals surface area contributed by atoms with Gasteiger partial charge in [-0.3, -0.25) is 4.79 Å². The molecule has 2 atom stereocenters. The van der Waals surface area contributed by atoms with Crippen LogP contribution in [-0.2, 0) is 21.7 Å². The van der Waals surface area contributed by atoms with Gasteiger partial charge >= 0.3 is 5.97 Å². The maximum atomic E-state index is 12.3. The van der Waals surface area contributed by atoms with Gasteiger partial charge in [0.1, 0.15) is 10.3 Å². The molecule has 0 amide bonds. The van der Waals surface area contributed by atoms with Gasteiger partial charge < -0.3 is 9.66 Å². The molecule has 8 heteroatoms. The van der Waals surface area contributed by atoms with Gasteiger partial charge in [0.05, 0.1) is 15.2 Å². The molecule has 0 aliphatic rings. The van der Waals surface area contributed by atoms with E-state index >= 15 is 0 Å². The van der Waals surface area contributed by atoms with Crippen LogP contribution in [0, 0.1) is 0 Å². The molecular weight excluding hydrogens is 386 g/mol. The molecule has 1 unspecified atom stereocenters. The SMILES string of the molecule is CC(CC(=O)O)(N[S@+]([O-])C(C)(C)C)c1sc(Br)cc1Cl. The minimum atomic E-state index is -1.40. The molecule has 0 saturated carbocycles. The molecule has 1 aromatic heterocycles. The molecule has 0 bridgehead atoms. The van der Waals surface area contributed by atoms with E-state index in [9.17, 15) is 9.35 Å². The Kier molecular flexibility index (Phi) is 5.97. The van der Waals surface area contributed by atoms with Gasteiger partial charge in [0.2, 0.25) is 0 Å². The average molecular weight is 403 g/mol. The number of thiophene rings is 1. The van der Waals surface area contributed by atoms with Gasteiger partial charge in [-0.1, -0.05) is 11.6 Å². The molecule has 0 saturated heterocycles. The van der Waals surface area contributed by atoms with Crippen LogP contribution in [0.25, 0.3) is 0 Å². The summed E-state index contributed by atoms with van der Waals surface area (Å²) in [6.45, 7) is 7.17. The van der Waals surface area contributed by atoms with Crippen LogP contribution < -0.4 is 4.72 Å². The molecule has 4 nitrogen and oxygen atoms in total. The monoisotopic (exact) mass is 401 g/mol. The van der Waals surface area contributed by atoms with Gasteiger partial charge in [0, 0.05) is 16.2 Å². The Labute approximate surface area is 139 Å². The lowest BCUT2D eigenvalue weighted by Gasteiger charge is -2.33. The van der Waals surface area contributed by atoms with Crippen molar-refractivity contribution in [1.82, 2.24) is 4.72 Å². The summed E-state index contributed by atoms with van der Waals surface area (Å²) in [5.41, 5.74) is -0.988. The van der Waals surface area contributed by atoms with Crippen molar-refractivity contribution in [2.24, 2.45) is 0 Å². The average Bonchev–Trinajstić information content (AvgIpc) is 2.55. The van der Waals surface area contributed by atoms with Crippen molar-refractivity contribution in [2.45, 2.75) is 44.4 Å². The first-order valence-electron chi connectivity index (χ1n) is 5.82. The van der Waals surface area contributed by atoms with Crippen LogP contribution in [0.15, 0.2) is 9.85 Å². The smallest absolute Gasteiger partial charge is 0.305 e. The van der Waals surface area contributed by atoms with Gasteiger partial charge in [-0.15, -0.1) is 16.1 Å². The highest BCUT2D eigenvalue weighted by atomic mass is 79.9. The quantitative estimate of drug-likeness (QED) is 0.733. The number of nitrogens with one attached hydrogen (secondary N) is 1. The fourth-order valence-corrected chi connectivity index (χ4v) is 4.72. The van der Waals surface area contributed by atoms with Gasteiger partial charge in [0.25, 0.3) is 0 Å². The normalized spacial score (nSPS) is 16.8. The number of rotatable bonds is 5. The van der Waals surface area contributed by atoms with Crippen LogP contribution in [-0.4, -0.2) is 20.4 Å². The first-order valence-corrected chi connectivity index (χ1v) is 8.96. The second-order valence-corrected chi connectivity index (χ2v) is 10.4. The summed E-state index contributed by atoms with van der Waals surface area (Å²) in [6, 6.07) is 1.71. The van der Waals surface area contributed by atoms with Crippen molar-refractivity contribution < 1.29 is 14.5 Å². The highest BCUT2D eigenvalue weighted by molar-refractivity contribution is 9.11. The number of carboxylic acid groups (broad SMARTS) is 1. The number of hydrogen-bond donors (Lipinski definition) is 2. The van der Waals surface area contributed by atoms with Crippen LogP contribution in [0.4, 0.5) is 0 Å². The largest absolute Gasteiger partial charge is 0.598 e. The summed E-state index contributed by atoms with van der Waals surface area (Å²) in [7, 11) is 0. The zero-order valence-electron chi connectivity index (χ0n) is 11.6. The number of aliphatic carboxylic acids is 1. The van der Waals surface area contributed by atoms with Crippen LogP contribution in [0.3, 0.4) is 0 Å². The molecule has 0 radical (unpaired) electrons. The Morgan fingerprint density at radius 1 is 1.55 bits per heavy atom. The van der Waals surface area contributed by atoms with E-state index in [0.29, 0.717) is 9.90 Å². The van der Waals surface area contributed by atoms with Gasteiger partial charge in [-0.05, 0) is 49.7 Å². The van der Waals surface area contributed by atoms with E-state index in [0.717, 1.165) is 3.79 Å². The van der Waals surface area contributed by atoms with Gasteiger partial charge in [-0.25, -0.2) is 0 Å². The molecule has 0 aliphatic heterocycles. The zero-order valence-corrected chi connectivity index (χ0v) is 15.6. The lowest BCUT2D eigenvalue weighted by Crippen LogP contribution is -2.50. The topological polar surface area (TPSA) is 72.4 Å². The molecule has 0 fully saturated rings. The second-order valence-electron chi connectivity index (χ2n) is 5.61. The van der Waals surface area contributed by atoms with E-state index in [4.69, 9.17) is 16.7 Å². The van der Waals surface area contributed by atoms with E-state index in [1.807, 2.05) is 20.8 Å². The first kappa shape index (κ1) is 18.3. The zero-order chi connectivity index (χ0) is 15.7. The third-order valence-corrected chi connectivity index (χ3v) is 6.60. The molecule has 20 heavy (non-hydrogen) atoms. The fourth-order valence-electron chi connectivity index (χ4n) is 1.54. The number of halogens is 2. The number of carboxylic acids is 1. The molecule has 0 aromatic carbocycles. The van der Waals surface area contributed by atoms with E-state index in [-0.39, 0.29) is 6.42 Å². The lowest BCUT2D eigenvalue weighted by atomic mass is 9.97.